The van der Waals surface area contributed by atoms with Crippen LogP contribution in [0.25, 0.3) is 0 Å². The lowest BCUT2D eigenvalue weighted by Crippen LogP contribution is -2.72. The third-order valence-corrected chi connectivity index (χ3v) is 10.6. The molecule has 12 nitrogen and oxygen atoms in total. The van der Waals surface area contributed by atoms with E-state index in [1.54, 1.807) is 20.8 Å². The van der Waals surface area contributed by atoms with Crippen molar-refractivity contribution in [1.82, 2.24) is 0 Å². The third kappa shape index (κ3) is 6.29. The SMILES string of the molecule is C=C1CC[C@H](OC(=O)C(C)C)[C@@]2(C)[C@@H](OC(C)=O)C[C@@H](OC(=O)CC(C)C)[C@]3(CO3)[C@@H]2[C@H](OC(C)=O)[C@@]2(O)[C@@H](C)C(=O)O[C@H]2[C@H]1Cl. The molecule has 4 fully saturated rings. The molecular formula is C33H47ClO12. The van der Waals surface area contributed by atoms with Crippen molar-refractivity contribution in [3.05, 3.63) is 12.2 Å². The standard InChI is InChI=1S/C33H47ClO12/c1-15(2)12-24(37)44-23-13-22(42-19(7)35)31(9)21(45-29(38)16(3)4)11-10-17(5)25(34)27-33(40,18(6)30(39)46-27)28(43-20(8)36)26(31)32(23)14-41-32/h15-16,18,21-23,25-28,40H,5,10-14H2,1-4,6-9H3/t18-,21-,22-,23+,25-,26+,27-,28-,31-,32+,33+/m0/s1. The number of ether oxygens (including phenoxy) is 6. The molecule has 2 saturated carbocycles. The first-order valence-corrected chi connectivity index (χ1v) is 16.4. The van der Waals surface area contributed by atoms with Crippen molar-refractivity contribution in [2.45, 2.75) is 128 Å². The molecule has 2 saturated heterocycles. The van der Waals surface area contributed by atoms with Gasteiger partial charge >= 0.3 is 29.8 Å². The van der Waals surface area contributed by atoms with Crippen LogP contribution in [0, 0.1) is 29.1 Å². The maximum Gasteiger partial charge on any atom is 0.312 e. The van der Waals surface area contributed by atoms with E-state index in [-0.39, 0.29) is 38.2 Å². The molecular weight excluding hydrogens is 624 g/mol. The van der Waals surface area contributed by atoms with Gasteiger partial charge < -0.3 is 33.5 Å². The summed E-state index contributed by atoms with van der Waals surface area (Å²) < 4.78 is 36.1. The van der Waals surface area contributed by atoms with E-state index in [1.165, 1.54) is 13.8 Å². The van der Waals surface area contributed by atoms with E-state index in [1.807, 2.05) is 13.8 Å². The first-order valence-electron chi connectivity index (χ1n) is 15.9. The van der Waals surface area contributed by atoms with Gasteiger partial charge in [0.05, 0.1) is 29.2 Å². The highest BCUT2D eigenvalue weighted by molar-refractivity contribution is 6.23. The molecule has 258 valence electrons. The Morgan fingerprint density at radius 2 is 1.63 bits per heavy atom. The fraction of sp³-hybridized carbons (Fsp3) is 0.788. The van der Waals surface area contributed by atoms with Gasteiger partial charge in [-0.05, 0) is 25.7 Å². The Bertz CT molecular complexity index is 1260. The molecule has 0 radical (unpaired) electrons. The number of halogens is 1. The Labute approximate surface area is 274 Å². The number of fused-ring (bicyclic) bond motifs is 3. The van der Waals surface area contributed by atoms with Gasteiger partial charge in [-0.2, -0.15) is 0 Å². The number of hydrogen-bond acceptors (Lipinski definition) is 12. The maximum absolute atomic E-state index is 13.3. The molecule has 2 aliphatic heterocycles. The molecule has 0 aromatic heterocycles. The third-order valence-electron chi connectivity index (χ3n) is 10.1. The molecule has 4 aliphatic rings. The average molecular weight is 671 g/mol. The molecule has 4 rings (SSSR count). The van der Waals surface area contributed by atoms with Crippen LogP contribution >= 0.6 is 11.6 Å². The molecule has 0 unspecified atom stereocenters. The minimum Gasteiger partial charge on any atom is -0.462 e. The lowest BCUT2D eigenvalue weighted by Gasteiger charge is -2.58. The highest BCUT2D eigenvalue weighted by atomic mass is 35.5. The Balaban J connectivity index is 2.04. The van der Waals surface area contributed by atoms with Crippen LogP contribution in [-0.4, -0.2) is 88.7 Å². The van der Waals surface area contributed by atoms with Gasteiger partial charge in [0.2, 0.25) is 0 Å². The van der Waals surface area contributed by atoms with Crippen LogP contribution in [0.5, 0.6) is 0 Å². The molecule has 13 heteroatoms. The van der Waals surface area contributed by atoms with Crippen molar-refractivity contribution in [2.24, 2.45) is 29.1 Å². The molecule has 11 atom stereocenters. The monoisotopic (exact) mass is 670 g/mol. The van der Waals surface area contributed by atoms with Crippen LogP contribution in [0.4, 0.5) is 0 Å². The van der Waals surface area contributed by atoms with Gasteiger partial charge in [0.25, 0.3) is 0 Å². The van der Waals surface area contributed by atoms with Gasteiger partial charge in [0.15, 0.2) is 11.7 Å². The minimum absolute atomic E-state index is 0.00320. The summed E-state index contributed by atoms with van der Waals surface area (Å²) in [6.45, 7) is 16.7. The van der Waals surface area contributed by atoms with Crippen molar-refractivity contribution >= 4 is 41.4 Å². The van der Waals surface area contributed by atoms with Crippen LogP contribution in [0.3, 0.4) is 0 Å². The summed E-state index contributed by atoms with van der Waals surface area (Å²) in [5, 5.41) is 11.6. The summed E-state index contributed by atoms with van der Waals surface area (Å²) in [5.74, 6) is -6.29. The van der Waals surface area contributed by atoms with Gasteiger partial charge in [-0.15, -0.1) is 11.6 Å². The predicted molar refractivity (Wildman–Crippen MR) is 162 cm³/mol. The molecule has 2 aliphatic carbocycles. The summed E-state index contributed by atoms with van der Waals surface area (Å²) in [6, 6.07) is 0. The second kappa shape index (κ2) is 13.1. The fourth-order valence-corrected chi connectivity index (χ4v) is 7.95. The summed E-state index contributed by atoms with van der Waals surface area (Å²) >= 11 is 6.88. The van der Waals surface area contributed by atoms with Gasteiger partial charge in [-0.1, -0.05) is 46.8 Å². The largest absolute Gasteiger partial charge is 0.462 e. The molecule has 0 aromatic rings. The quantitative estimate of drug-likeness (QED) is 0.138. The first-order chi connectivity index (χ1) is 21.3. The van der Waals surface area contributed by atoms with E-state index in [0.29, 0.717) is 5.57 Å². The van der Waals surface area contributed by atoms with E-state index in [4.69, 9.17) is 40.0 Å². The van der Waals surface area contributed by atoms with Crippen LogP contribution < -0.4 is 0 Å². The number of aliphatic hydroxyl groups is 1. The van der Waals surface area contributed by atoms with Crippen LogP contribution in [-0.2, 0) is 52.4 Å². The maximum atomic E-state index is 13.3. The Morgan fingerprint density at radius 3 is 2.15 bits per heavy atom. The molecule has 0 aromatic carbocycles. The molecule has 46 heavy (non-hydrogen) atoms. The molecule has 2 heterocycles. The fourth-order valence-electron chi connectivity index (χ4n) is 7.59. The number of hydrogen-bond donors (Lipinski definition) is 1. The highest BCUT2D eigenvalue weighted by Crippen LogP contribution is 2.63. The number of epoxide rings is 1. The van der Waals surface area contributed by atoms with Crippen LogP contribution in [0.1, 0.15) is 81.1 Å². The van der Waals surface area contributed by atoms with Crippen LogP contribution in [0.2, 0.25) is 0 Å². The van der Waals surface area contributed by atoms with Crippen LogP contribution in [0.15, 0.2) is 12.2 Å². The minimum atomic E-state index is -2.27. The topological polar surface area (TPSA) is 164 Å². The summed E-state index contributed by atoms with van der Waals surface area (Å²) in [5.41, 5.74) is -4.72. The zero-order valence-corrected chi connectivity index (χ0v) is 28.6. The van der Waals surface area contributed by atoms with Crippen molar-refractivity contribution in [2.75, 3.05) is 6.61 Å². The normalized spacial score (nSPS) is 40.4. The molecule has 0 bridgehead atoms. The van der Waals surface area contributed by atoms with Crippen molar-refractivity contribution in [3.63, 3.8) is 0 Å². The van der Waals surface area contributed by atoms with E-state index >= 15 is 0 Å². The Kier molecular flexibility index (Phi) is 10.3. The zero-order chi connectivity index (χ0) is 34.5. The van der Waals surface area contributed by atoms with E-state index < -0.39 is 100 Å². The van der Waals surface area contributed by atoms with Gasteiger partial charge in [-0.3, -0.25) is 24.0 Å². The van der Waals surface area contributed by atoms with Crippen molar-refractivity contribution in [3.8, 4) is 0 Å². The lowest BCUT2D eigenvalue weighted by molar-refractivity contribution is -0.260. The zero-order valence-electron chi connectivity index (χ0n) is 27.8. The van der Waals surface area contributed by atoms with Gasteiger partial charge in [0, 0.05) is 32.6 Å². The predicted octanol–water partition coefficient (Wildman–Crippen LogP) is 3.42. The van der Waals surface area contributed by atoms with E-state index in [9.17, 15) is 29.1 Å². The molecule has 0 amide bonds. The lowest BCUT2D eigenvalue weighted by atomic mass is 9.51. The smallest absolute Gasteiger partial charge is 0.312 e. The molecule has 1 spiro atoms. The number of esters is 5. The molecule has 1 N–H and O–H groups in total. The number of rotatable bonds is 7. The average Bonchev–Trinajstić information content (AvgIpc) is 3.69. The number of carbonyl (C=O) groups excluding carboxylic acids is 5. The Morgan fingerprint density at radius 1 is 1.02 bits per heavy atom. The second-order valence-electron chi connectivity index (χ2n) is 14.2. The number of carbonyl (C=O) groups is 5. The summed E-state index contributed by atoms with van der Waals surface area (Å²) in [6.07, 6.45) is -5.80. The first kappa shape index (κ1) is 36.1. The van der Waals surface area contributed by atoms with Gasteiger partial charge in [-0.25, -0.2) is 0 Å². The van der Waals surface area contributed by atoms with Gasteiger partial charge in [0.1, 0.15) is 30.0 Å². The highest BCUT2D eigenvalue weighted by Gasteiger charge is 2.78. The van der Waals surface area contributed by atoms with Crippen molar-refractivity contribution in [1.29, 1.82) is 0 Å². The number of alkyl halides is 1. The second-order valence-corrected chi connectivity index (χ2v) is 14.6. The van der Waals surface area contributed by atoms with E-state index in [2.05, 4.69) is 6.58 Å². The summed E-state index contributed by atoms with van der Waals surface area (Å²) in [7, 11) is 0. The van der Waals surface area contributed by atoms with E-state index in [0.717, 1.165) is 6.92 Å². The summed E-state index contributed by atoms with van der Waals surface area (Å²) in [4.78, 5) is 65.2. The Hall–Kier alpha value is -2.70. The van der Waals surface area contributed by atoms with Crippen molar-refractivity contribution < 1.29 is 57.5 Å².